The molecule has 0 radical (unpaired) electrons. The van der Waals surface area contributed by atoms with Gasteiger partial charge < -0.3 is 15.2 Å². The molecule has 1 unspecified atom stereocenters. The van der Waals surface area contributed by atoms with Crippen LogP contribution in [-0.4, -0.2) is 53.6 Å². The van der Waals surface area contributed by atoms with Gasteiger partial charge in [-0.1, -0.05) is 12.5 Å². The first kappa shape index (κ1) is 16.4. The first-order valence-electron chi connectivity index (χ1n) is 8.15. The number of nitrogens with two attached hydrogens (primary N) is 1. The smallest absolute Gasteiger partial charge is 0.234 e. The third-order valence-electron chi connectivity index (χ3n) is 4.30. The highest BCUT2D eigenvalue weighted by molar-refractivity contribution is 5.81. The molecule has 24 heavy (non-hydrogen) atoms. The molecule has 1 aromatic heterocycles. The Morgan fingerprint density at radius 3 is 3.08 bits per heavy atom. The van der Waals surface area contributed by atoms with Gasteiger partial charge in [0.05, 0.1) is 24.9 Å². The molecule has 1 aliphatic heterocycles. The van der Waals surface area contributed by atoms with Gasteiger partial charge in [-0.15, -0.1) is 0 Å². The summed E-state index contributed by atoms with van der Waals surface area (Å²) in [5.74, 6) is 0.847. The lowest BCUT2D eigenvalue weighted by atomic mass is 10.0. The Labute approximate surface area is 140 Å². The summed E-state index contributed by atoms with van der Waals surface area (Å²) in [6.07, 6.45) is 4.55. The summed E-state index contributed by atoms with van der Waals surface area (Å²) in [5, 5.41) is 0. The number of methoxy groups -OCH3 is 1. The van der Waals surface area contributed by atoms with E-state index >= 15 is 0 Å². The van der Waals surface area contributed by atoms with Crippen molar-refractivity contribution in [3.05, 3.63) is 24.4 Å². The van der Waals surface area contributed by atoms with Crippen LogP contribution in [0.2, 0.25) is 0 Å². The molecule has 1 atom stereocenters. The van der Waals surface area contributed by atoms with Crippen molar-refractivity contribution in [1.29, 1.82) is 0 Å². The topological polar surface area (TPSA) is 90.6 Å². The molecule has 0 aliphatic carbocycles. The quantitative estimate of drug-likeness (QED) is 0.860. The Hall–Kier alpha value is -2.41. The van der Waals surface area contributed by atoms with Crippen molar-refractivity contribution < 1.29 is 14.3 Å². The van der Waals surface area contributed by atoms with Gasteiger partial charge in [0.1, 0.15) is 17.9 Å². The Bertz CT molecular complexity index is 722. The number of amides is 1. The van der Waals surface area contributed by atoms with E-state index in [1.807, 2.05) is 18.2 Å². The van der Waals surface area contributed by atoms with E-state index in [0.717, 1.165) is 31.3 Å². The molecular formula is C17H22N4O3. The highest BCUT2D eigenvalue weighted by Gasteiger charge is 2.26. The highest BCUT2D eigenvalue weighted by Crippen LogP contribution is 2.23. The average molecular weight is 330 g/mol. The van der Waals surface area contributed by atoms with E-state index in [1.165, 1.54) is 0 Å². The van der Waals surface area contributed by atoms with E-state index in [4.69, 9.17) is 15.2 Å². The van der Waals surface area contributed by atoms with E-state index < -0.39 is 0 Å². The monoisotopic (exact) mass is 330 g/mol. The van der Waals surface area contributed by atoms with Gasteiger partial charge in [0.15, 0.2) is 0 Å². The van der Waals surface area contributed by atoms with Gasteiger partial charge in [-0.3, -0.25) is 9.69 Å². The Morgan fingerprint density at radius 2 is 2.29 bits per heavy atom. The third kappa shape index (κ3) is 3.56. The number of ether oxygens (including phenoxy) is 2. The molecule has 1 aliphatic rings. The van der Waals surface area contributed by atoms with Crippen molar-refractivity contribution in [1.82, 2.24) is 14.9 Å². The number of piperidine rings is 1. The van der Waals surface area contributed by atoms with Crippen molar-refractivity contribution >= 4 is 16.9 Å². The van der Waals surface area contributed by atoms with Crippen LogP contribution in [0, 0.1) is 0 Å². The maximum absolute atomic E-state index is 11.5. The van der Waals surface area contributed by atoms with Gasteiger partial charge in [-0.25, -0.2) is 9.97 Å². The summed E-state index contributed by atoms with van der Waals surface area (Å²) in [5.41, 5.74) is 6.90. The number of carbonyl (C=O) groups excluding carboxylic acids is 1. The Balaban J connectivity index is 1.64. The molecule has 0 bridgehead atoms. The predicted molar refractivity (Wildman–Crippen MR) is 90.0 cm³/mol. The van der Waals surface area contributed by atoms with Crippen molar-refractivity contribution in [2.75, 3.05) is 26.8 Å². The van der Waals surface area contributed by atoms with E-state index in [0.29, 0.717) is 30.3 Å². The van der Waals surface area contributed by atoms with Gasteiger partial charge in [-0.05, 0) is 31.5 Å². The number of para-hydroxylation sites is 1. The Kier molecular flexibility index (Phi) is 5.10. The number of benzene rings is 1. The molecule has 0 saturated carbocycles. The minimum atomic E-state index is -0.259. The van der Waals surface area contributed by atoms with Crippen LogP contribution >= 0.6 is 0 Å². The molecule has 2 aromatic rings. The predicted octanol–water partition coefficient (Wildman–Crippen LogP) is 1.36. The van der Waals surface area contributed by atoms with E-state index in [1.54, 1.807) is 13.3 Å². The van der Waals surface area contributed by atoms with Gasteiger partial charge in [0, 0.05) is 6.54 Å². The second kappa shape index (κ2) is 7.44. The summed E-state index contributed by atoms with van der Waals surface area (Å²) < 4.78 is 11.0. The first-order chi connectivity index (χ1) is 11.7. The molecular weight excluding hydrogens is 308 g/mol. The number of hydrogen-bond donors (Lipinski definition) is 1. The minimum Gasteiger partial charge on any atom is -0.494 e. The molecule has 2 N–H and O–H groups in total. The van der Waals surface area contributed by atoms with Gasteiger partial charge >= 0.3 is 0 Å². The largest absolute Gasteiger partial charge is 0.494 e. The summed E-state index contributed by atoms with van der Waals surface area (Å²) in [6.45, 7) is 1.94. The van der Waals surface area contributed by atoms with Gasteiger partial charge in [0.25, 0.3) is 0 Å². The number of nitrogens with zero attached hydrogens (tertiary/aromatic N) is 3. The van der Waals surface area contributed by atoms with E-state index in [2.05, 4.69) is 14.9 Å². The van der Waals surface area contributed by atoms with Crippen molar-refractivity contribution in [3.8, 4) is 11.6 Å². The molecule has 0 spiro atoms. The number of likely N-dealkylation sites (tertiary alicyclic amines) is 1. The number of primary amides is 1. The maximum atomic E-state index is 11.5. The van der Waals surface area contributed by atoms with E-state index in [-0.39, 0.29) is 11.9 Å². The van der Waals surface area contributed by atoms with Crippen LogP contribution in [0.4, 0.5) is 0 Å². The minimum absolute atomic E-state index is 0.190. The van der Waals surface area contributed by atoms with Crippen molar-refractivity contribution in [2.24, 2.45) is 5.73 Å². The van der Waals surface area contributed by atoms with Crippen LogP contribution in [0.3, 0.4) is 0 Å². The molecule has 128 valence electrons. The highest BCUT2D eigenvalue weighted by atomic mass is 16.5. The SMILES string of the molecule is COc1cccc2ncc(OCCN3CCCCC3C(N)=O)nc12. The first-order valence-corrected chi connectivity index (χ1v) is 8.15. The second-order valence-corrected chi connectivity index (χ2v) is 5.83. The molecule has 3 rings (SSSR count). The summed E-state index contributed by atoms with van der Waals surface area (Å²) >= 11 is 0. The van der Waals surface area contributed by atoms with Crippen molar-refractivity contribution in [3.63, 3.8) is 0 Å². The summed E-state index contributed by atoms with van der Waals surface area (Å²) in [6, 6.07) is 5.40. The standard InChI is InChI=1S/C17H22N4O3/c1-23-14-7-4-5-12-16(14)20-15(11-19-12)24-10-9-21-8-3-2-6-13(21)17(18)22/h4-5,7,11,13H,2-3,6,8-10H2,1H3,(H2,18,22). The van der Waals surface area contributed by atoms with Crippen LogP contribution in [0.15, 0.2) is 24.4 Å². The van der Waals surface area contributed by atoms with Gasteiger partial charge in [0.2, 0.25) is 11.8 Å². The normalized spacial score (nSPS) is 18.5. The van der Waals surface area contributed by atoms with Crippen LogP contribution < -0.4 is 15.2 Å². The molecule has 2 heterocycles. The second-order valence-electron chi connectivity index (χ2n) is 5.83. The third-order valence-corrected chi connectivity index (χ3v) is 4.30. The zero-order chi connectivity index (χ0) is 16.9. The molecule has 1 fully saturated rings. The van der Waals surface area contributed by atoms with E-state index in [9.17, 15) is 4.79 Å². The lowest BCUT2D eigenvalue weighted by Crippen LogP contribution is -2.48. The fraction of sp³-hybridized carbons (Fsp3) is 0.471. The lowest BCUT2D eigenvalue weighted by molar-refractivity contribution is -0.124. The summed E-state index contributed by atoms with van der Waals surface area (Å²) in [7, 11) is 1.60. The average Bonchev–Trinajstić information content (AvgIpc) is 2.61. The summed E-state index contributed by atoms with van der Waals surface area (Å²) in [4.78, 5) is 22.4. The molecule has 1 amide bonds. The zero-order valence-corrected chi connectivity index (χ0v) is 13.8. The zero-order valence-electron chi connectivity index (χ0n) is 13.8. The van der Waals surface area contributed by atoms with Gasteiger partial charge in [-0.2, -0.15) is 0 Å². The molecule has 7 heteroatoms. The van der Waals surface area contributed by atoms with Crippen LogP contribution in [0.1, 0.15) is 19.3 Å². The number of fused-ring (bicyclic) bond motifs is 1. The maximum Gasteiger partial charge on any atom is 0.234 e. The number of hydrogen-bond acceptors (Lipinski definition) is 6. The van der Waals surface area contributed by atoms with Crippen LogP contribution in [0.25, 0.3) is 11.0 Å². The number of rotatable bonds is 6. The van der Waals surface area contributed by atoms with Crippen LogP contribution in [-0.2, 0) is 4.79 Å². The fourth-order valence-corrected chi connectivity index (χ4v) is 3.07. The molecule has 1 saturated heterocycles. The number of aromatic nitrogens is 2. The van der Waals surface area contributed by atoms with Crippen molar-refractivity contribution in [2.45, 2.75) is 25.3 Å². The lowest BCUT2D eigenvalue weighted by Gasteiger charge is -2.33. The Morgan fingerprint density at radius 1 is 1.42 bits per heavy atom. The number of carbonyl (C=O) groups is 1. The fourth-order valence-electron chi connectivity index (χ4n) is 3.07. The molecule has 1 aromatic carbocycles. The molecule has 7 nitrogen and oxygen atoms in total. The van der Waals surface area contributed by atoms with Crippen LogP contribution in [0.5, 0.6) is 11.6 Å².